The lowest BCUT2D eigenvalue weighted by atomic mass is 9.97. The van der Waals surface area contributed by atoms with Crippen LogP contribution in [-0.2, 0) is 11.2 Å². The van der Waals surface area contributed by atoms with Crippen LogP contribution in [0.1, 0.15) is 28.8 Å². The Morgan fingerprint density at radius 2 is 2.14 bits per heavy atom. The molecule has 0 bridgehead atoms. The minimum atomic E-state index is -1.09. The summed E-state index contributed by atoms with van der Waals surface area (Å²) in [6.07, 6.45) is 0.549. The maximum absolute atomic E-state index is 12.7. The number of likely N-dealkylation sites (tertiary alicyclic amines) is 1. The molecule has 21 heavy (non-hydrogen) atoms. The number of aliphatic carboxylic acids is 1. The number of aliphatic hydroxyl groups excluding tert-OH is 1. The Kier molecular flexibility index (Phi) is 3.55. The van der Waals surface area contributed by atoms with Crippen molar-refractivity contribution in [3.8, 4) is 5.75 Å². The molecule has 0 aromatic heterocycles. The van der Waals surface area contributed by atoms with E-state index in [0.29, 0.717) is 24.3 Å². The van der Waals surface area contributed by atoms with Gasteiger partial charge in [0.15, 0.2) is 0 Å². The zero-order valence-electron chi connectivity index (χ0n) is 11.5. The van der Waals surface area contributed by atoms with E-state index in [4.69, 9.17) is 4.74 Å². The minimum Gasteiger partial charge on any atom is -0.492 e. The van der Waals surface area contributed by atoms with Gasteiger partial charge in [-0.25, -0.2) is 4.79 Å². The van der Waals surface area contributed by atoms with Crippen molar-refractivity contribution in [1.29, 1.82) is 0 Å². The summed E-state index contributed by atoms with van der Waals surface area (Å²) in [5.74, 6) is -0.860. The number of carboxylic acids is 1. The van der Waals surface area contributed by atoms with Crippen LogP contribution in [0.15, 0.2) is 18.2 Å². The number of benzene rings is 1. The number of amides is 1. The molecule has 2 aliphatic heterocycles. The Morgan fingerprint density at radius 1 is 1.33 bits per heavy atom. The van der Waals surface area contributed by atoms with Crippen LogP contribution in [0, 0.1) is 0 Å². The van der Waals surface area contributed by atoms with Crippen molar-refractivity contribution in [2.24, 2.45) is 0 Å². The number of hydrogen-bond donors (Lipinski definition) is 2. The van der Waals surface area contributed by atoms with E-state index < -0.39 is 18.1 Å². The van der Waals surface area contributed by atoms with Crippen LogP contribution in [0.3, 0.4) is 0 Å². The van der Waals surface area contributed by atoms with Gasteiger partial charge in [0.05, 0.1) is 18.3 Å². The molecule has 0 spiro atoms. The number of carboxylic acid groups (broad SMARTS) is 1. The molecule has 0 aliphatic carbocycles. The lowest BCUT2D eigenvalue weighted by Crippen LogP contribution is -2.51. The van der Waals surface area contributed by atoms with Gasteiger partial charge < -0.3 is 19.8 Å². The van der Waals surface area contributed by atoms with Gasteiger partial charge in [-0.3, -0.25) is 4.79 Å². The van der Waals surface area contributed by atoms with Crippen molar-refractivity contribution < 1.29 is 24.5 Å². The fourth-order valence-electron chi connectivity index (χ4n) is 2.96. The monoisotopic (exact) mass is 291 g/mol. The largest absolute Gasteiger partial charge is 0.492 e. The van der Waals surface area contributed by atoms with Gasteiger partial charge in [-0.2, -0.15) is 0 Å². The molecule has 0 radical (unpaired) electrons. The number of carbonyl (C=O) groups excluding carboxylic acids is 1. The predicted octanol–water partition coefficient (Wildman–Crippen LogP) is 0.672. The van der Waals surface area contributed by atoms with Gasteiger partial charge in [-0.1, -0.05) is 12.1 Å². The van der Waals surface area contributed by atoms with Crippen LogP contribution in [0.25, 0.3) is 0 Å². The van der Waals surface area contributed by atoms with Crippen LogP contribution < -0.4 is 4.74 Å². The van der Waals surface area contributed by atoms with E-state index in [1.165, 1.54) is 4.90 Å². The van der Waals surface area contributed by atoms with Gasteiger partial charge >= 0.3 is 5.97 Å². The highest BCUT2D eigenvalue weighted by atomic mass is 16.5. The molecule has 6 heteroatoms. The Balaban J connectivity index is 1.91. The molecule has 1 saturated heterocycles. The summed E-state index contributed by atoms with van der Waals surface area (Å²) >= 11 is 0. The van der Waals surface area contributed by atoms with Crippen LogP contribution in [-0.4, -0.2) is 52.3 Å². The van der Waals surface area contributed by atoms with E-state index in [1.54, 1.807) is 12.1 Å². The fraction of sp³-hybridized carbons (Fsp3) is 0.467. The average molecular weight is 291 g/mol. The van der Waals surface area contributed by atoms with Gasteiger partial charge in [0, 0.05) is 19.4 Å². The average Bonchev–Trinajstić information content (AvgIpc) is 2.94. The van der Waals surface area contributed by atoms with Gasteiger partial charge in [0.25, 0.3) is 5.91 Å². The lowest BCUT2D eigenvalue weighted by molar-refractivity contribution is -0.145. The topological polar surface area (TPSA) is 87.1 Å². The number of fused-ring (bicyclic) bond motifs is 1. The molecule has 6 nitrogen and oxygen atoms in total. The summed E-state index contributed by atoms with van der Waals surface area (Å²) in [4.78, 5) is 25.4. The molecule has 2 N–H and O–H groups in total. The van der Waals surface area contributed by atoms with E-state index in [0.717, 1.165) is 12.0 Å². The number of hydrogen-bond acceptors (Lipinski definition) is 4. The molecule has 2 aliphatic rings. The number of ether oxygens (including phenoxy) is 1. The maximum Gasteiger partial charge on any atom is 0.326 e. The third-order valence-electron chi connectivity index (χ3n) is 4.07. The molecular formula is C15H17NO5. The van der Waals surface area contributed by atoms with Crippen molar-refractivity contribution in [3.63, 3.8) is 0 Å². The second-order valence-electron chi connectivity index (χ2n) is 5.42. The molecule has 1 aromatic rings. The Bertz CT molecular complexity index is 585. The second-order valence-corrected chi connectivity index (χ2v) is 5.42. The Labute approximate surface area is 121 Å². The highest BCUT2D eigenvalue weighted by Crippen LogP contribution is 2.31. The second kappa shape index (κ2) is 5.37. The first-order valence-electron chi connectivity index (χ1n) is 7.04. The highest BCUT2D eigenvalue weighted by molar-refractivity contribution is 5.99. The normalized spacial score (nSPS) is 24.3. The first kappa shape index (κ1) is 13.9. The molecule has 1 aromatic carbocycles. The van der Waals surface area contributed by atoms with Crippen molar-refractivity contribution >= 4 is 11.9 Å². The number of piperidine rings is 1. The first-order chi connectivity index (χ1) is 10.1. The van der Waals surface area contributed by atoms with E-state index in [1.807, 2.05) is 6.07 Å². The van der Waals surface area contributed by atoms with Crippen LogP contribution in [0.2, 0.25) is 0 Å². The van der Waals surface area contributed by atoms with Crippen LogP contribution in [0.4, 0.5) is 0 Å². The molecule has 112 valence electrons. The van der Waals surface area contributed by atoms with Crippen LogP contribution >= 0.6 is 0 Å². The van der Waals surface area contributed by atoms with E-state index in [2.05, 4.69) is 0 Å². The molecule has 0 saturated carbocycles. The number of aliphatic hydroxyl groups is 1. The zero-order valence-corrected chi connectivity index (χ0v) is 11.5. The Hall–Kier alpha value is -2.08. The standard InChI is InChI=1S/C15H17NO5/c17-10-4-6-16(12(8-10)15(19)20)14(18)11-3-1-2-9-5-7-21-13(9)11/h1-3,10,12,17H,4-8H2,(H,19,20)/t10-,12+/m0/s1. The summed E-state index contributed by atoms with van der Waals surface area (Å²) in [6.45, 7) is 0.779. The predicted molar refractivity (Wildman–Crippen MR) is 73.3 cm³/mol. The van der Waals surface area contributed by atoms with Gasteiger partial charge in [0.2, 0.25) is 0 Å². The van der Waals surface area contributed by atoms with Crippen molar-refractivity contribution in [2.45, 2.75) is 31.4 Å². The summed E-state index contributed by atoms with van der Waals surface area (Å²) < 4.78 is 5.51. The third-order valence-corrected chi connectivity index (χ3v) is 4.07. The quantitative estimate of drug-likeness (QED) is 0.836. The highest BCUT2D eigenvalue weighted by Gasteiger charge is 2.37. The minimum absolute atomic E-state index is 0.0664. The summed E-state index contributed by atoms with van der Waals surface area (Å²) in [5, 5.41) is 18.9. The SMILES string of the molecule is O=C(O)[C@H]1C[C@@H](O)CCN1C(=O)c1cccc2c1OCC2. The molecule has 3 rings (SSSR count). The first-order valence-corrected chi connectivity index (χ1v) is 7.04. The van der Waals surface area contributed by atoms with Crippen molar-refractivity contribution in [1.82, 2.24) is 4.90 Å². The van der Waals surface area contributed by atoms with Crippen molar-refractivity contribution in [2.75, 3.05) is 13.2 Å². The van der Waals surface area contributed by atoms with Crippen molar-refractivity contribution in [3.05, 3.63) is 29.3 Å². The zero-order chi connectivity index (χ0) is 15.0. The third kappa shape index (κ3) is 2.47. The van der Waals surface area contributed by atoms with E-state index >= 15 is 0 Å². The Morgan fingerprint density at radius 3 is 2.90 bits per heavy atom. The van der Waals surface area contributed by atoms with Gasteiger partial charge in [0.1, 0.15) is 11.8 Å². The molecule has 0 unspecified atom stereocenters. The molecular weight excluding hydrogens is 274 g/mol. The van der Waals surface area contributed by atoms with E-state index in [-0.39, 0.29) is 18.9 Å². The summed E-state index contributed by atoms with van der Waals surface area (Å²) in [5.41, 5.74) is 1.39. The maximum atomic E-state index is 12.7. The number of para-hydroxylation sites is 1. The molecule has 1 amide bonds. The van der Waals surface area contributed by atoms with Crippen LogP contribution in [0.5, 0.6) is 5.75 Å². The number of nitrogens with zero attached hydrogens (tertiary/aromatic N) is 1. The summed E-state index contributed by atoms with van der Waals surface area (Å²) in [7, 11) is 0. The van der Waals surface area contributed by atoms with E-state index in [9.17, 15) is 19.8 Å². The molecule has 2 heterocycles. The number of rotatable bonds is 2. The fourth-order valence-corrected chi connectivity index (χ4v) is 2.96. The summed E-state index contributed by atoms with van der Waals surface area (Å²) in [6, 6.07) is 4.37. The smallest absolute Gasteiger partial charge is 0.326 e. The van der Waals surface area contributed by atoms with Gasteiger partial charge in [-0.05, 0) is 18.1 Å². The number of carbonyl (C=O) groups is 2. The van der Waals surface area contributed by atoms with Gasteiger partial charge in [-0.15, -0.1) is 0 Å². The molecule has 1 fully saturated rings. The lowest BCUT2D eigenvalue weighted by Gasteiger charge is -2.35. The molecule has 2 atom stereocenters.